The summed E-state index contributed by atoms with van der Waals surface area (Å²) in [6, 6.07) is 20.5. The Morgan fingerprint density at radius 3 is 2.39 bits per heavy atom. The number of amidine groups is 1. The first kappa shape index (κ1) is 25.4. The van der Waals surface area contributed by atoms with E-state index in [1.54, 1.807) is 60.7 Å². The quantitative estimate of drug-likeness (QED) is 0.184. The minimum atomic E-state index is -3.88. The molecule has 1 aliphatic rings. The number of carbonyl (C=O) groups excluding carboxylic acids is 1. The second-order valence-corrected chi connectivity index (χ2v) is 10.3. The number of hydrogen-bond donors (Lipinski definition) is 5. The highest BCUT2D eigenvalue weighted by Gasteiger charge is 2.27. The van der Waals surface area contributed by atoms with E-state index in [1.165, 1.54) is 6.07 Å². The van der Waals surface area contributed by atoms with E-state index in [1.807, 2.05) is 16.4 Å². The van der Waals surface area contributed by atoms with Crippen molar-refractivity contribution in [1.29, 1.82) is 5.41 Å². The summed E-state index contributed by atoms with van der Waals surface area (Å²) in [4.78, 5) is 15.2. The maximum absolute atomic E-state index is 13.3. The van der Waals surface area contributed by atoms with Crippen molar-refractivity contribution in [3.63, 3.8) is 0 Å². The number of nitrogens with zero attached hydrogens (tertiary/aromatic N) is 1. The van der Waals surface area contributed by atoms with Crippen molar-refractivity contribution in [2.45, 2.75) is 43.2 Å². The van der Waals surface area contributed by atoms with Crippen LogP contribution in [0.15, 0.2) is 77.7 Å². The maximum atomic E-state index is 13.3. The number of sulfonamides is 1. The topological polar surface area (TPSA) is 149 Å². The number of nitrogens with two attached hydrogens (primary N) is 1. The molecule has 6 N–H and O–H groups in total. The number of urea groups is 1. The smallest absolute Gasteiger partial charge is 0.317 e. The predicted molar refractivity (Wildman–Crippen MR) is 138 cm³/mol. The second-order valence-electron chi connectivity index (χ2n) is 8.80. The number of amides is 2. The van der Waals surface area contributed by atoms with Gasteiger partial charge in [-0.25, -0.2) is 18.4 Å². The number of hydrogen-bond acceptors (Lipinski definition) is 5. The number of rotatable bonds is 7. The van der Waals surface area contributed by atoms with Crippen LogP contribution >= 0.6 is 0 Å². The van der Waals surface area contributed by atoms with Crippen LogP contribution in [0.25, 0.3) is 11.1 Å². The molecule has 1 fully saturated rings. The average Bonchev–Trinajstić information content (AvgIpc) is 3.41. The summed E-state index contributed by atoms with van der Waals surface area (Å²) in [7, 11) is -3.88. The monoisotopic (exact) mass is 507 g/mol. The van der Waals surface area contributed by atoms with E-state index in [0.29, 0.717) is 28.9 Å². The molecule has 1 aliphatic carbocycles. The first-order chi connectivity index (χ1) is 17.3. The van der Waals surface area contributed by atoms with E-state index in [9.17, 15) is 13.2 Å². The molecule has 36 heavy (non-hydrogen) atoms. The summed E-state index contributed by atoms with van der Waals surface area (Å²) >= 11 is 0. The van der Waals surface area contributed by atoms with Crippen molar-refractivity contribution in [1.82, 2.24) is 10.4 Å². The van der Waals surface area contributed by atoms with Crippen LogP contribution in [0.3, 0.4) is 0 Å². The molecule has 0 aromatic heterocycles. The number of carbonyl (C=O) groups is 1. The van der Waals surface area contributed by atoms with Crippen LogP contribution in [0.5, 0.6) is 0 Å². The summed E-state index contributed by atoms with van der Waals surface area (Å²) in [5.41, 5.74) is 4.97. The molecule has 9 nitrogen and oxygen atoms in total. The highest BCUT2D eigenvalue weighted by molar-refractivity contribution is 7.89. The Bertz CT molecular complexity index is 1350. The van der Waals surface area contributed by atoms with Gasteiger partial charge < -0.3 is 10.2 Å². The van der Waals surface area contributed by atoms with Crippen molar-refractivity contribution in [3.8, 4) is 11.1 Å². The highest BCUT2D eigenvalue weighted by atomic mass is 32.2. The summed E-state index contributed by atoms with van der Waals surface area (Å²) in [5.74, 6) is -0.113. The largest absolute Gasteiger partial charge is 0.322 e. The van der Waals surface area contributed by atoms with Crippen LogP contribution in [0, 0.1) is 5.41 Å². The van der Waals surface area contributed by atoms with Gasteiger partial charge in [0, 0.05) is 29.4 Å². The van der Waals surface area contributed by atoms with Gasteiger partial charge in [-0.1, -0.05) is 61.4 Å². The van der Waals surface area contributed by atoms with Gasteiger partial charge in [-0.05, 0) is 48.2 Å². The number of primary sulfonamides is 1. The molecule has 188 valence electrons. The van der Waals surface area contributed by atoms with Crippen LogP contribution in [0.2, 0.25) is 0 Å². The molecule has 0 atom stereocenters. The van der Waals surface area contributed by atoms with Crippen LogP contribution in [0.1, 0.15) is 36.8 Å². The van der Waals surface area contributed by atoms with Gasteiger partial charge in [0.15, 0.2) is 0 Å². The van der Waals surface area contributed by atoms with Gasteiger partial charge in [0.05, 0.1) is 4.90 Å². The maximum Gasteiger partial charge on any atom is 0.322 e. The molecular weight excluding hydrogens is 478 g/mol. The molecular formula is C26H29N5O4S. The van der Waals surface area contributed by atoms with E-state index in [0.717, 1.165) is 31.2 Å². The third-order valence-electron chi connectivity index (χ3n) is 6.35. The molecule has 0 bridgehead atoms. The van der Waals surface area contributed by atoms with E-state index in [4.69, 9.17) is 15.8 Å². The Hall–Kier alpha value is -3.73. The van der Waals surface area contributed by atoms with Gasteiger partial charge in [0.1, 0.15) is 5.84 Å². The molecule has 1 saturated carbocycles. The molecule has 4 rings (SSSR count). The number of benzene rings is 3. The van der Waals surface area contributed by atoms with Gasteiger partial charge in [0.25, 0.3) is 0 Å². The zero-order chi connectivity index (χ0) is 25.7. The van der Waals surface area contributed by atoms with Crippen LogP contribution in [0.4, 0.5) is 10.5 Å². The lowest BCUT2D eigenvalue weighted by Gasteiger charge is -2.29. The predicted octanol–water partition coefficient (Wildman–Crippen LogP) is 4.28. The molecule has 10 heteroatoms. The van der Waals surface area contributed by atoms with Gasteiger partial charge >= 0.3 is 6.03 Å². The van der Waals surface area contributed by atoms with Crippen molar-refractivity contribution < 1.29 is 18.4 Å². The fourth-order valence-corrected chi connectivity index (χ4v) is 5.31. The minimum Gasteiger partial charge on any atom is -0.317 e. The molecule has 0 radical (unpaired) electrons. The Morgan fingerprint density at radius 2 is 1.72 bits per heavy atom. The zero-order valence-electron chi connectivity index (χ0n) is 19.6. The zero-order valence-corrected chi connectivity index (χ0v) is 20.5. The molecule has 0 unspecified atom stereocenters. The fourth-order valence-electron chi connectivity index (χ4n) is 4.55. The molecule has 0 spiro atoms. The normalized spacial score (nSPS) is 13.8. The summed E-state index contributed by atoms with van der Waals surface area (Å²) in [6.07, 6.45) is 3.96. The lowest BCUT2D eigenvalue weighted by Crippen LogP contribution is -2.41. The van der Waals surface area contributed by atoms with E-state index in [2.05, 4.69) is 5.32 Å². The molecule has 3 aromatic carbocycles. The SMILES string of the molecule is N=C(NO)c1cccc(CN(C(=O)Nc2ccc(-c3ccccc3S(N)(=O)=O)cc2)C2CCCC2)c1. The van der Waals surface area contributed by atoms with Crippen molar-refractivity contribution >= 4 is 27.6 Å². The molecule has 2 amide bonds. The van der Waals surface area contributed by atoms with Gasteiger partial charge in [-0.3, -0.25) is 16.1 Å². The van der Waals surface area contributed by atoms with E-state index >= 15 is 0 Å². The first-order valence-corrected chi connectivity index (χ1v) is 13.2. The first-order valence-electron chi connectivity index (χ1n) is 11.6. The molecule has 3 aromatic rings. The Balaban J connectivity index is 1.53. The highest BCUT2D eigenvalue weighted by Crippen LogP contribution is 2.29. The summed E-state index contributed by atoms with van der Waals surface area (Å²) in [5, 5.41) is 25.2. The van der Waals surface area contributed by atoms with Crippen LogP contribution in [-0.2, 0) is 16.6 Å². The lowest BCUT2D eigenvalue weighted by atomic mass is 10.1. The van der Waals surface area contributed by atoms with Crippen molar-refractivity contribution in [3.05, 3.63) is 83.9 Å². The molecule has 0 saturated heterocycles. The van der Waals surface area contributed by atoms with Crippen molar-refractivity contribution in [2.75, 3.05) is 5.32 Å². The Morgan fingerprint density at radius 1 is 1.03 bits per heavy atom. The lowest BCUT2D eigenvalue weighted by molar-refractivity contribution is 0.184. The number of hydroxylamine groups is 1. The average molecular weight is 508 g/mol. The second kappa shape index (κ2) is 10.9. The van der Waals surface area contributed by atoms with Crippen LogP contribution < -0.4 is 15.9 Å². The van der Waals surface area contributed by atoms with Gasteiger partial charge in [0.2, 0.25) is 10.0 Å². The third-order valence-corrected chi connectivity index (χ3v) is 7.32. The Labute approximate surface area is 210 Å². The van der Waals surface area contributed by atoms with E-state index < -0.39 is 10.0 Å². The fraction of sp³-hybridized carbons (Fsp3) is 0.231. The summed E-state index contributed by atoms with van der Waals surface area (Å²) in [6.45, 7) is 0.364. The minimum absolute atomic E-state index is 0.0425. The van der Waals surface area contributed by atoms with Crippen molar-refractivity contribution in [2.24, 2.45) is 5.14 Å². The summed E-state index contributed by atoms with van der Waals surface area (Å²) < 4.78 is 23.9. The van der Waals surface area contributed by atoms with Crippen LogP contribution in [-0.4, -0.2) is 36.4 Å². The van der Waals surface area contributed by atoms with Gasteiger partial charge in [-0.15, -0.1) is 0 Å². The standard InChI is InChI=1S/C26H29N5O4S/c27-25(30-33)20-7-5-6-18(16-20)17-31(22-8-1-2-9-22)26(32)29-21-14-12-19(13-15-21)23-10-3-4-11-24(23)36(28,34)35/h3-7,10-16,22,33H,1-2,8-9,17H2,(H2,27,30)(H,29,32)(H2,28,34,35). The molecule has 0 heterocycles. The molecule has 0 aliphatic heterocycles. The Kier molecular flexibility index (Phi) is 7.68. The number of anilines is 1. The third kappa shape index (κ3) is 5.91. The number of nitrogens with one attached hydrogen (secondary N) is 3. The van der Waals surface area contributed by atoms with E-state index in [-0.39, 0.29) is 22.8 Å². The van der Waals surface area contributed by atoms with Gasteiger partial charge in [-0.2, -0.15) is 0 Å².